The second-order valence-electron chi connectivity index (χ2n) is 6.80. The van der Waals surface area contributed by atoms with Gasteiger partial charge in [0.1, 0.15) is 0 Å². The van der Waals surface area contributed by atoms with Crippen molar-refractivity contribution in [3.8, 4) is 0 Å². The van der Waals surface area contributed by atoms with Crippen molar-refractivity contribution in [2.75, 3.05) is 28.6 Å². The molecule has 0 bridgehead atoms. The summed E-state index contributed by atoms with van der Waals surface area (Å²) in [6.07, 6.45) is 6.64. The molecule has 10 heteroatoms. The Morgan fingerprint density at radius 2 is 2.00 bits per heavy atom. The molecule has 3 aromatic rings. The van der Waals surface area contributed by atoms with E-state index in [1.165, 1.54) is 11.3 Å². The molecule has 0 radical (unpaired) electrons. The van der Waals surface area contributed by atoms with Gasteiger partial charge in [0, 0.05) is 37.2 Å². The maximum absolute atomic E-state index is 12.1. The minimum Gasteiger partial charge on any atom is -0.357 e. The fourth-order valence-electron chi connectivity index (χ4n) is 3.27. The SMILES string of the molecule is O=C(Cc1ccccn1)Nc1nnc(NC2CCCN(c3cccnn3)CC2)s1. The van der Waals surface area contributed by atoms with E-state index in [1.54, 1.807) is 12.4 Å². The van der Waals surface area contributed by atoms with Crippen LogP contribution in [-0.2, 0) is 11.2 Å². The van der Waals surface area contributed by atoms with E-state index < -0.39 is 0 Å². The van der Waals surface area contributed by atoms with Crippen molar-refractivity contribution in [1.82, 2.24) is 25.4 Å². The van der Waals surface area contributed by atoms with E-state index in [1.807, 2.05) is 30.3 Å². The topological polar surface area (TPSA) is 109 Å². The summed E-state index contributed by atoms with van der Waals surface area (Å²) in [5.74, 6) is 0.766. The first kappa shape index (κ1) is 19.2. The Labute approximate surface area is 172 Å². The number of nitrogens with zero attached hydrogens (tertiary/aromatic N) is 6. The van der Waals surface area contributed by atoms with Gasteiger partial charge in [0.15, 0.2) is 5.82 Å². The molecule has 29 heavy (non-hydrogen) atoms. The number of aromatic nitrogens is 5. The molecule has 4 heterocycles. The Hall–Kier alpha value is -3.14. The van der Waals surface area contributed by atoms with E-state index in [0.717, 1.165) is 49.0 Å². The summed E-state index contributed by atoms with van der Waals surface area (Å²) in [5.41, 5.74) is 0.721. The molecule has 0 aromatic carbocycles. The average molecular weight is 411 g/mol. The van der Waals surface area contributed by atoms with Crippen LogP contribution < -0.4 is 15.5 Å². The van der Waals surface area contributed by atoms with Gasteiger partial charge < -0.3 is 15.5 Å². The van der Waals surface area contributed by atoms with Crippen molar-refractivity contribution in [3.05, 3.63) is 48.4 Å². The predicted octanol–water partition coefficient (Wildman–Crippen LogP) is 2.38. The average Bonchev–Trinajstić information content (AvgIpc) is 3.04. The van der Waals surface area contributed by atoms with Gasteiger partial charge in [-0.25, -0.2) is 0 Å². The number of amides is 1. The standard InChI is InChI=1S/C19H22N8OS/c28-17(13-15-5-1-2-9-20-15)23-19-26-25-18(29-19)22-14-6-4-11-27(12-8-14)16-7-3-10-21-24-16/h1-3,5,7,9-10,14H,4,6,8,11-13H2,(H,22,25)(H,23,26,28). The van der Waals surface area contributed by atoms with Crippen LogP contribution in [0, 0.1) is 0 Å². The van der Waals surface area contributed by atoms with Gasteiger partial charge in [-0.2, -0.15) is 5.10 Å². The van der Waals surface area contributed by atoms with E-state index in [9.17, 15) is 4.79 Å². The molecule has 1 unspecified atom stereocenters. The molecular weight excluding hydrogens is 388 g/mol. The zero-order valence-electron chi connectivity index (χ0n) is 15.9. The maximum atomic E-state index is 12.1. The molecule has 1 amide bonds. The fraction of sp³-hybridized carbons (Fsp3) is 0.368. The summed E-state index contributed by atoms with van der Waals surface area (Å²) in [6.45, 7) is 1.87. The molecule has 1 fully saturated rings. The zero-order valence-corrected chi connectivity index (χ0v) is 16.7. The number of carbonyl (C=O) groups excluding carboxylic acids is 1. The highest BCUT2D eigenvalue weighted by Crippen LogP contribution is 2.24. The third-order valence-electron chi connectivity index (χ3n) is 4.68. The lowest BCUT2D eigenvalue weighted by Crippen LogP contribution is -2.27. The first-order chi connectivity index (χ1) is 14.3. The minimum atomic E-state index is -0.152. The quantitative estimate of drug-likeness (QED) is 0.638. The molecule has 150 valence electrons. The Morgan fingerprint density at radius 3 is 2.83 bits per heavy atom. The largest absolute Gasteiger partial charge is 0.357 e. The van der Waals surface area contributed by atoms with Gasteiger partial charge in [0.05, 0.1) is 6.42 Å². The van der Waals surface area contributed by atoms with Crippen molar-refractivity contribution in [2.45, 2.75) is 31.7 Å². The minimum absolute atomic E-state index is 0.152. The Morgan fingerprint density at radius 1 is 1.07 bits per heavy atom. The number of nitrogens with one attached hydrogen (secondary N) is 2. The van der Waals surface area contributed by atoms with E-state index in [-0.39, 0.29) is 12.3 Å². The molecule has 1 saturated heterocycles. The molecule has 4 rings (SSSR count). The van der Waals surface area contributed by atoms with Crippen LogP contribution in [0.3, 0.4) is 0 Å². The molecule has 2 N–H and O–H groups in total. The fourth-order valence-corrected chi connectivity index (χ4v) is 4.01. The van der Waals surface area contributed by atoms with Gasteiger partial charge in [0.2, 0.25) is 16.2 Å². The van der Waals surface area contributed by atoms with E-state index in [0.29, 0.717) is 11.2 Å². The van der Waals surface area contributed by atoms with E-state index in [4.69, 9.17) is 0 Å². The maximum Gasteiger partial charge on any atom is 0.232 e. The monoisotopic (exact) mass is 410 g/mol. The summed E-state index contributed by atoms with van der Waals surface area (Å²) in [4.78, 5) is 18.6. The van der Waals surface area contributed by atoms with Crippen molar-refractivity contribution < 1.29 is 4.79 Å². The Kier molecular flexibility index (Phi) is 6.20. The third-order valence-corrected chi connectivity index (χ3v) is 5.45. The number of anilines is 3. The van der Waals surface area contributed by atoms with E-state index in [2.05, 4.69) is 40.9 Å². The molecule has 0 saturated carbocycles. The number of hydrogen-bond donors (Lipinski definition) is 2. The molecule has 3 aromatic heterocycles. The number of pyridine rings is 1. The van der Waals surface area contributed by atoms with Crippen LogP contribution in [0.1, 0.15) is 25.0 Å². The van der Waals surface area contributed by atoms with Crippen molar-refractivity contribution in [1.29, 1.82) is 0 Å². The summed E-state index contributed by atoms with van der Waals surface area (Å²) in [7, 11) is 0. The third kappa shape index (κ3) is 5.44. The molecule has 1 aliphatic rings. The van der Waals surface area contributed by atoms with Gasteiger partial charge in [-0.1, -0.05) is 17.4 Å². The normalized spacial score (nSPS) is 16.8. The molecule has 1 aliphatic heterocycles. The molecule has 9 nitrogen and oxygen atoms in total. The van der Waals surface area contributed by atoms with Crippen LogP contribution in [0.2, 0.25) is 0 Å². The van der Waals surface area contributed by atoms with Crippen LogP contribution >= 0.6 is 11.3 Å². The summed E-state index contributed by atoms with van der Waals surface area (Å²) < 4.78 is 0. The molecular formula is C19H22N8OS. The highest BCUT2D eigenvalue weighted by Gasteiger charge is 2.19. The summed E-state index contributed by atoms with van der Waals surface area (Å²) in [5, 5.41) is 23.9. The van der Waals surface area contributed by atoms with E-state index >= 15 is 0 Å². The summed E-state index contributed by atoms with van der Waals surface area (Å²) in [6, 6.07) is 9.72. The molecule has 0 spiro atoms. The highest BCUT2D eigenvalue weighted by molar-refractivity contribution is 7.19. The highest BCUT2D eigenvalue weighted by atomic mass is 32.1. The first-order valence-electron chi connectivity index (χ1n) is 9.59. The van der Waals surface area contributed by atoms with Gasteiger partial charge in [0.25, 0.3) is 0 Å². The van der Waals surface area contributed by atoms with Crippen LogP contribution in [0.5, 0.6) is 0 Å². The lowest BCUT2D eigenvalue weighted by Gasteiger charge is -2.20. The van der Waals surface area contributed by atoms with Gasteiger partial charge in [-0.15, -0.1) is 15.3 Å². The smallest absolute Gasteiger partial charge is 0.232 e. The number of hydrogen-bond acceptors (Lipinski definition) is 9. The van der Waals surface area contributed by atoms with Gasteiger partial charge in [-0.3, -0.25) is 9.78 Å². The lowest BCUT2D eigenvalue weighted by atomic mass is 10.1. The zero-order chi connectivity index (χ0) is 19.9. The first-order valence-corrected chi connectivity index (χ1v) is 10.4. The summed E-state index contributed by atoms with van der Waals surface area (Å²) >= 11 is 1.35. The van der Waals surface area contributed by atoms with Gasteiger partial charge >= 0.3 is 0 Å². The number of carbonyl (C=O) groups is 1. The molecule has 1 atom stereocenters. The second-order valence-corrected chi connectivity index (χ2v) is 7.78. The van der Waals surface area contributed by atoms with Gasteiger partial charge in [-0.05, 0) is 43.5 Å². The van der Waals surface area contributed by atoms with Crippen LogP contribution in [0.4, 0.5) is 16.1 Å². The Balaban J connectivity index is 1.28. The molecule has 0 aliphatic carbocycles. The Bertz CT molecular complexity index is 920. The van der Waals surface area contributed by atoms with Crippen LogP contribution in [-0.4, -0.2) is 50.4 Å². The van der Waals surface area contributed by atoms with Crippen molar-refractivity contribution in [2.24, 2.45) is 0 Å². The predicted molar refractivity (Wildman–Crippen MR) is 112 cm³/mol. The van der Waals surface area contributed by atoms with Crippen molar-refractivity contribution >= 4 is 33.3 Å². The van der Waals surface area contributed by atoms with Crippen LogP contribution in [0.25, 0.3) is 0 Å². The van der Waals surface area contributed by atoms with Crippen molar-refractivity contribution in [3.63, 3.8) is 0 Å². The van der Waals surface area contributed by atoms with Crippen LogP contribution in [0.15, 0.2) is 42.7 Å². The lowest BCUT2D eigenvalue weighted by molar-refractivity contribution is -0.115. The second kappa shape index (κ2) is 9.37. The number of rotatable bonds is 6.